The summed E-state index contributed by atoms with van der Waals surface area (Å²) in [6.07, 6.45) is -1.94. The fourth-order valence-electron chi connectivity index (χ4n) is 5.07. The number of carboxylic acid groups (broad SMARTS) is 1. The number of piperidine rings is 1. The van der Waals surface area contributed by atoms with Gasteiger partial charge in [-0.25, -0.2) is 9.78 Å². The summed E-state index contributed by atoms with van der Waals surface area (Å²) in [5.41, 5.74) is 8.78. The third-order valence-electron chi connectivity index (χ3n) is 6.95. The van der Waals surface area contributed by atoms with E-state index in [-0.39, 0.29) is 23.0 Å². The zero-order valence-corrected chi connectivity index (χ0v) is 20.9. The second-order valence-electron chi connectivity index (χ2n) is 10.0. The van der Waals surface area contributed by atoms with Crippen LogP contribution in [0.2, 0.25) is 0 Å². The van der Waals surface area contributed by atoms with Crippen molar-refractivity contribution in [3.8, 4) is 0 Å². The number of ketones is 2. The summed E-state index contributed by atoms with van der Waals surface area (Å²) in [7, 11) is 0. The van der Waals surface area contributed by atoms with Crippen molar-refractivity contribution in [1.82, 2.24) is 20.1 Å². The minimum absolute atomic E-state index is 0.000564. The number of hydrogen-bond acceptors (Lipinski definition) is 7. The van der Waals surface area contributed by atoms with Gasteiger partial charge in [0.25, 0.3) is 0 Å². The molecule has 0 radical (unpaired) electrons. The molecule has 9 nitrogen and oxygen atoms in total. The molecule has 1 fully saturated rings. The number of nitrogens with one attached hydrogen (secondary N) is 1. The van der Waals surface area contributed by atoms with E-state index >= 15 is 0 Å². The van der Waals surface area contributed by atoms with E-state index in [4.69, 9.17) is 15.6 Å². The van der Waals surface area contributed by atoms with Gasteiger partial charge in [0.2, 0.25) is 5.78 Å². The van der Waals surface area contributed by atoms with E-state index in [1.165, 1.54) is 0 Å². The molecule has 2 aliphatic rings. The lowest BCUT2D eigenvalue weighted by Gasteiger charge is -2.40. The lowest BCUT2D eigenvalue weighted by Crippen LogP contribution is -2.42. The number of alkyl halides is 3. The lowest BCUT2D eigenvalue weighted by atomic mass is 9.66. The number of nitrogens with two attached hydrogens (primary N) is 1. The number of halogens is 3. The van der Waals surface area contributed by atoms with Crippen molar-refractivity contribution >= 4 is 34.3 Å². The summed E-state index contributed by atoms with van der Waals surface area (Å²) in [5, 5.41) is 16.1. The van der Waals surface area contributed by atoms with Gasteiger partial charge >= 0.3 is 12.1 Å². The van der Waals surface area contributed by atoms with Crippen LogP contribution in [0.1, 0.15) is 71.3 Å². The summed E-state index contributed by atoms with van der Waals surface area (Å²) in [6.45, 7) is 5.79. The molecule has 4 N–H and O–H groups in total. The number of rotatable bonds is 3. The van der Waals surface area contributed by atoms with Crippen LogP contribution in [0.15, 0.2) is 30.3 Å². The Bertz CT molecular complexity index is 1410. The summed E-state index contributed by atoms with van der Waals surface area (Å²) >= 11 is 0. The van der Waals surface area contributed by atoms with Crippen LogP contribution >= 0.6 is 0 Å². The Morgan fingerprint density at radius 3 is 2.37 bits per heavy atom. The first kappa shape index (κ1) is 27.2. The third-order valence-corrected chi connectivity index (χ3v) is 6.95. The van der Waals surface area contributed by atoms with Gasteiger partial charge in [-0.15, -0.1) is 0 Å². The number of Topliss-reactive ketones (excluding diaryl/α,β-unsaturated/α-hetero) is 1. The van der Waals surface area contributed by atoms with Gasteiger partial charge in [0.1, 0.15) is 17.2 Å². The van der Waals surface area contributed by atoms with Gasteiger partial charge in [-0.2, -0.15) is 18.3 Å². The number of fused-ring (bicyclic) bond motifs is 2. The molecule has 0 atom stereocenters. The molecule has 1 aliphatic carbocycles. The molecule has 3 heterocycles. The molecule has 0 amide bonds. The molecular formula is C26H28F3N5O4. The van der Waals surface area contributed by atoms with Gasteiger partial charge in [0.05, 0.1) is 5.52 Å². The highest BCUT2D eigenvalue weighted by Gasteiger charge is 2.44. The van der Waals surface area contributed by atoms with Crippen LogP contribution in [0, 0.1) is 5.41 Å². The van der Waals surface area contributed by atoms with E-state index in [1.807, 2.05) is 26.0 Å². The Morgan fingerprint density at radius 1 is 1.13 bits per heavy atom. The maximum absolute atomic E-state index is 13.6. The van der Waals surface area contributed by atoms with Gasteiger partial charge < -0.3 is 16.2 Å². The quantitative estimate of drug-likeness (QED) is 0.432. The Hall–Kier alpha value is -3.80. The minimum Gasteiger partial charge on any atom is -0.475 e. The summed E-state index contributed by atoms with van der Waals surface area (Å²) in [4.78, 5) is 40.1. The maximum atomic E-state index is 13.6. The lowest BCUT2D eigenvalue weighted by molar-refractivity contribution is -0.192. The smallest absolute Gasteiger partial charge is 0.475 e. The first-order valence-electron chi connectivity index (χ1n) is 12.2. The van der Waals surface area contributed by atoms with Crippen LogP contribution in [-0.4, -0.2) is 56.7 Å². The molecule has 1 aliphatic heterocycles. The van der Waals surface area contributed by atoms with Gasteiger partial charge in [-0.1, -0.05) is 12.1 Å². The van der Waals surface area contributed by atoms with Crippen molar-refractivity contribution in [2.45, 2.75) is 51.7 Å². The predicted molar refractivity (Wildman–Crippen MR) is 133 cm³/mol. The highest BCUT2D eigenvalue weighted by Crippen LogP contribution is 2.44. The first-order chi connectivity index (χ1) is 17.8. The van der Waals surface area contributed by atoms with Crippen LogP contribution in [0.4, 0.5) is 19.0 Å². The van der Waals surface area contributed by atoms with Crippen LogP contribution in [0.5, 0.6) is 0 Å². The molecule has 0 bridgehead atoms. The molecule has 0 unspecified atom stereocenters. The predicted octanol–water partition coefficient (Wildman–Crippen LogP) is 3.96. The van der Waals surface area contributed by atoms with Crippen molar-refractivity contribution in [1.29, 1.82) is 0 Å². The summed E-state index contributed by atoms with van der Waals surface area (Å²) in [5.74, 6) is -2.40. The number of carbonyl (C=O) groups excluding carboxylic acids is 2. The van der Waals surface area contributed by atoms with Crippen molar-refractivity contribution < 1.29 is 32.7 Å². The number of carboxylic acids is 1. The van der Waals surface area contributed by atoms with Gasteiger partial charge in [-0.05, 0) is 69.8 Å². The standard InChI is InChI=1S/C24H27N5O2.C2HF3O2/c1-14(2)29-22-17(12-24(13-19(22)30)7-9-26-10-8-24)21(28-29)23(31)16-4-3-15-5-6-20(25)27-18(15)11-16;3-2(4,5)1(6)7/h3-6,11,14,26H,7-10,12-13H2,1-2H3,(H2,25,27);(H,6,7). The summed E-state index contributed by atoms with van der Waals surface area (Å²) in [6, 6.07) is 9.07. The number of hydrogen-bond donors (Lipinski definition) is 3. The molecule has 3 aromatic rings. The zero-order chi connectivity index (χ0) is 27.8. The Balaban J connectivity index is 0.000000426. The van der Waals surface area contributed by atoms with Crippen molar-refractivity contribution in [3.63, 3.8) is 0 Å². The normalized spacial score (nSPS) is 16.7. The van der Waals surface area contributed by atoms with Crippen LogP contribution in [0.25, 0.3) is 10.9 Å². The molecule has 202 valence electrons. The highest BCUT2D eigenvalue weighted by molar-refractivity contribution is 6.12. The molecule has 5 rings (SSSR count). The molecule has 38 heavy (non-hydrogen) atoms. The van der Waals surface area contributed by atoms with Crippen LogP contribution in [0.3, 0.4) is 0 Å². The number of anilines is 1. The Labute approximate surface area is 216 Å². The average Bonchev–Trinajstić information content (AvgIpc) is 3.23. The van der Waals surface area contributed by atoms with E-state index in [1.54, 1.807) is 22.9 Å². The second-order valence-corrected chi connectivity index (χ2v) is 10.0. The van der Waals surface area contributed by atoms with Crippen molar-refractivity contribution in [2.24, 2.45) is 5.41 Å². The average molecular weight is 532 g/mol. The molecule has 12 heteroatoms. The van der Waals surface area contributed by atoms with E-state index in [9.17, 15) is 22.8 Å². The minimum atomic E-state index is -5.08. The first-order valence-corrected chi connectivity index (χ1v) is 12.2. The molecular weight excluding hydrogens is 503 g/mol. The van der Waals surface area contributed by atoms with Gasteiger partial charge in [-0.3, -0.25) is 14.3 Å². The topological polar surface area (TPSA) is 140 Å². The number of benzene rings is 1. The maximum Gasteiger partial charge on any atom is 0.490 e. The fourth-order valence-corrected chi connectivity index (χ4v) is 5.07. The highest BCUT2D eigenvalue weighted by atomic mass is 19.4. The number of nitrogens with zero attached hydrogens (tertiary/aromatic N) is 3. The van der Waals surface area contributed by atoms with E-state index in [2.05, 4.69) is 15.4 Å². The molecule has 1 spiro atoms. The number of aliphatic carboxylic acids is 1. The van der Waals surface area contributed by atoms with Crippen LogP contribution < -0.4 is 11.1 Å². The van der Waals surface area contributed by atoms with E-state index < -0.39 is 12.1 Å². The second kappa shape index (κ2) is 10.2. The Morgan fingerprint density at radius 2 is 1.76 bits per heavy atom. The van der Waals surface area contributed by atoms with E-state index in [0.29, 0.717) is 34.7 Å². The largest absolute Gasteiger partial charge is 0.490 e. The van der Waals surface area contributed by atoms with Crippen LogP contribution in [-0.2, 0) is 11.2 Å². The number of carbonyl (C=O) groups is 3. The van der Waals surface area contributed by atoms with E-state index in [0.717, 1.165) is 43.3 Å². The summed E-state index contributed by atoms with van der Waals surface area (Å²) < 4.78 is 33.5. The van der Waals surface area contributed by atoms with Gasteiger partial charge in [0.15, 0.2) is 5.78 Å². The van der Waals surface area contributed by atoms with Crippen molar-refractivity contribution in [3.05, 3.63) is 52.8 Å². The SMILES string of the molecule is CC(C)n1nc(C(=O)c2ccc3ccc(N)nc3c2)c2c1C(=O)CC1(CCNCC1)C2.O=C(O)C(F)(F)F. The fraction of sp³-hybridized carbons (Fsp3) is 0.423. The van der Waals surface area contributed by atoms with Gasteiger partial charge in [0, 0.05) is 29.0 Å². The monoisotopic (exact) mass is 531 g/mol. The molecule has 0 saturated carbocycles. The molecule has 2 aromatic heterocycles. The molecule has 1 aromatic carbocycles. The molecule has 1 saturated heterocycles. The Kier molecular flexibility index (Phi) is 7.29. The zero-order valence-electron chi connectivity index (χ0n) is 20.9. The number of nitrogen functional groups attached to an aromatic ring is 1. The number of aromatic nitrogens is 3. The number of pyridine rings is 1. The van der Waals surface area contributed by atoms with Crippen molar-refractivity contribution in [2.75, 3.05) is 18.8 Å². The third kappa shape index (κ3) is 5.40.